The summed E-state index contributed by atoms with van der Waals surface area (Å²) in [6.45, 7) is 3.32. The summed E-state index contributed by atoms with van der Waals surface area (Å²) in [4.78, 5) is 40.0. The fraction of sp³-hybridized carbons (Fsp3) is 0.421. The lowest BCUT2D eigenvalue weighted by Crippen LogP contribution is -3.15. The summed E-state index contributed by atoms with van der Waals surface area (Å²) in [6.07, 6.45) is 0.609. The molecule has 1 aromatic carbocycles. The first-order valence-electron chi connectivity index (χ1n) is 9.90. The SMILES string of the molecule is CCCn1c(N)c(C(=O)C[NH+]2CCN(S(=O)(=O)c3cccc(Cl)c3)CC2)c(=O)[nH]c1=O. The van der Waals surface area contributed by atoms with Gasteiger partial charge in [-0.2, -0.15) is 4.31 Å². The molecule has 0 bridgehead atoms. The van der Waals surface area contributed by atoms with Gasteiger partial charge < -0.3 is 10.6 Å². The van der Waals surface area contributed by atoms with E-state index in [1.807, 2.05) is 6.92 Å². The average Bonchev–Trinajstić information content (AvgIpc) is 2.71. The molecule has 31 heavy (non-hydrogen) atoms. The van der Waals surface area contributed by atoms with Crippen LogP contribution in [-0.2, 0) is 16.6 Å². The summed E-state index contributed by atoms with van der Waals surface area (Å²) in [7, 11) is -3.68. The van der Waals surface area contributed by atoms with Crippen LogP contribution in [0.25, 0.3) is 0 Å². The Labute approximate surface area is 184 Å². The molecule has 0 atom stereocenters. The summed E-state index contributed by atoms with van der Waals surface area (Å²) in [5.74, 6) is -0.619. The van der Waals surface area contributed by atoms with Crippen LogP contribution in [0.15, 0.2) is 38.8 Å². The van der Waals surface area contributed by atoms with Gasteiger partial charge in [-0.25, -0.2) is 13.2 Å². The Kier molecular flexibility index (Phi) is 6.99. The van der Waals surface area contributed by atoms with Crippen LogP contribution < -0.4 is 21.9 Å². The molecule has 3 rings (SSSR count). The second-order valence-electron chi connectivity index (χ2n) is 7.38. The molecule has 4 N–H and O–H groups in total. The lowest BCUT2D eigenvalue weighted by Gasteiger charge is -2.31. The summed E-state index contributed by atoms with van der Waals surface area (Å²) in [5, 5.41) is 0.336. The number of nitrogens with two attached hydrogens (primary N) is 1. The summed E-state index contributed by atoms with van der Waals surface area (Å²) < 4.78 is 28.1. The minimum Gasteiger partial charge on any atom is -0.384 e. The monoisotopic (exact) mass is 470 g/mol. The molecule has 2 heterocycles. The highest BCUT2D eigenvalue weighted by atomic mass is 35.5. The van der Waals surface area contributed by atoms with Crippen LogP contribution in [0, 0.1) is 0 Å². The van der Waals surface area contributed by atoms with Crippen LogP contribution in [0.3, 0.4) is 0 Å². The van der Waals surface area contributed by atoms with E-state index in [2.05, 4.69) is 4.98 Å². The predicted molar refractivity (Wildman–Crippen MR) is 116 cm³/mol. The Morgan fingerprint density at radius 1 is 1.26 bits per heavy atom. The van der Waals surface area contributed by atoms with Crippen LogP contribution in [0.2, 0.25) is 5.02 Å². The number of rotatable bonds is 7. The van der Waals surface area contributed by atoms with Crippen LogP contribution in [0.1, 0.15) is 23.7 Å². The zero-order valence-corrected chi connectivity index (χ0v) is 18.6. The molecule has 1 aromatic heterocycles. The van der Waals surface area contributed by atoms with Gasteiger partial charge in [0, 0.05) is 11.6 Å². The summed E-state index contributed by atoms with van der Waals surface area (Å²) in [6, 6.07) is 6.07. The first-order chi connectivity index (χ1) is 14.6. The van der Waals surface area contributed by atoms with E-state index >= 15 is 0 Å². The third-order valence-electron chi connectivity index (χ3n) is 5.24. The molecule has 2 aromatic rings. The second-order valence-corrected chi connectivity index (χ2v) is 9.76. The molecule has 1 aliphatic rings. The number of nitrogens with zero attached hydrogens (tertiary/aromatic N) is 2. The van der Waals surface area contributed by atoms with Gasteiger partial charge in [-0.05, 0) is 24.6 Å². The highest BCUT2D eigenvalue weighted by Crippen LogP contribution is 2.19. The fourth-order valence-corrected chi connectivity index (χ4v) is 5.36. The number of nitrogens with one attached hydrogen (secondary N) is 2. The number of Topliss-reactive ketones (excluding diaryl/α,β-unsaturated/α-hetero) is 1. The molecule has 10 nitrogen and oxygen atoms in total. The van der Waals surface area contributed by atoms with E-state index in [0.29, 0.717) is 24.5 Å². The molecular formula is C19H25ClN5O5S+. The lowest BCUT2D eigenvalue weighted by molar-refractivity contribution is -0.895. The van der Waals surface area contributed by atoms with Crippen molar-refractivity contribution in [2.24, 2.45) is 0 Å². The van der Waals surface area contributed by atoms with Crippen molar-refractivity contribution in [2.75, 3.05) is 38.5 Å². The second kappa shape index (κ2) is 9.35. The number of sulfonamides is 1. The van der Waals surface area contributed by atoms with Crippen molar-refractivity contribution in [3.05, 3.63) is 55.7 Å². The largest absolute Gasteiger partial charge is 0.384 e. The molecule has 0 radical (unpaired) electrons. The molecule has 0 unspecified atom stereocenters. The number of nitrogen functional groups attached to an aromatic ring is 1. The Morgan fingerprint density at radius 3 is 2.55 bits per heavy atom. The number of quaternary nitrogens is 1. The van der Waals surface area contributed by atoms with Gasteiger partial charge in [0.15, 0.2) is 0 Å². The fourth-order valence-electron chi connectivity index (χ4n) is 3.61. The Hall–Kier alpha value is -2.47. The number of aromatic amines is 1. The number of anilines is 1. The minimum absolute atomic E-state index is 0.0251. The van der Waals surface area contributed by atoms with Crippen LogP contribution in [-0.4, -0.2) is 60.8 Å². The zero-order chi connectivity index (χ0) is 22.8. The molecule has 1 aliphatic heterocycles. The number of aromatic nitrogens is 2. The predicted octanol–water partition coefficient (Wildman–Crippen LogP) is -1.05. The van der Waals surface area contributed by atoms with Gasteiger partial charge >= 0.3 is 5.69 Å². The van der Waals surface area contributed by atoms with E-state index in [1.165, 1.54) is 21.0 Å². The van der Waals surface area contributed by atoms with Crippen LogP contribution >= 0.6 is 11.6 Å². The average molecular weight is 471 g/mol. The molecule has 1 saturated heterocycles. The normalized spacial score (nSPS) is 15.8. The number of benzene rings is 1. The van der Waals surface area contributed by atoms with Crippen LogP contribution in [0.4, 0.5) is 5.82 Å². The van der Waals surface area contributed by atoms with Crippen molar-refractivity contribution in [1.82, 2.24) is 13.9 Å². The minimum atomic E-state index is -3.68. The number of hydrogen-bond acceptors (Lipinski definition) is 6. The Morgan fingerprint density at radius 2 is 1.94 bits per heavy atom. The van der Waals surface area contributed by atoms with Crippen molar-refractivity contribution >= 4 is 33.2 Å². The maximum Gasteiger partial charge on any atom is 0.329 e. The van der Waals surface area contributed by atoms with Crippen molar-refractivity contribution in [1.29, 1.82) is 0 Å². The van der Waals surface area contributed by atoms with Gasteiger partial charge in [0.2, 0.25) is 15.8 Å². The molecule has 1 fully saturated rings. The highest BCUT2D eigenvalue weighted by Gasteiger charge is 2.32. The number of piperazine rings is 1. The molecule has 168 valence electrons. The van der Waals surface area contributed by atoms with Gasteiger partial charge in [0.25, 0.3) is 5.56 Å². The lowest BCUT2D eigenvalue weighted by atomic mass is 10.1. The van der Waals surface area contributed by atoms with Gasteiger partial charge in [-0.15, -0.1) is 0 Å². The Bertz CT molecular complexity index is 1200. The van der Waals surface area contributed by atoms with E-state index in [0.717, 1.165) is 4.90 Å². The first kappa shape index (κ1) is 23.2. The molecule has 0 amide bonds. The topological polar surface area (TPSA) is 140 Å². The molecular weight excluding hydrogens is 446 g/mol. The number of carbonyl (C=O) groups excluding carboxylic acids is 1. The number of halogens is 1. The molecule has 0 spiro atoms. The standard InChI is InChI=1S/C19H24ClN5O5S/c1-2-6-25-17(21)16(18(27)22-19(25)28)15(26)12-23-7-9-24(10-8-23)31(29,30)14-5-3-4-13(20)11-14/h3-5,11H,2,6-10,12,21H2,1H3,(H,22,27,28)/p+1. The Balaban J connectivity index is 1.71. The molecule has 0 saturated carbocycles. The van der Waals surface area contributed by atoms with Crippen molar-refractivity contribution < 1.29 is 18.1 Å². The van der Waals surface area contributed by atoms with Gasteiger partial charge in [-0.1, -0.05) is 24.6 Å². The van der Waals surface area contributed by atoms with Crippen molar-refractivity contribution in [2.45, 2.75) is 24.8 Å². The zero-order valence-electron chi connectivity index (χ0n) is 17.1. The van der Waals surface area contributed by atoms with Gasteiger partial charge in [0.05, 0.1) is 31.1 Å². The molecule has 12 heteroatoms. The van der Waals surface area contributed by atoms with Crippen LogP contribution in [0.5, 0.6) is 0 Å². The van der Waals surface area contributed by atoms with Gasteiger partial charge in [0.1, 0.15) is 17.9 Å². The summed E-state index contributed by atoms with van der Waals surface area (Å²) >= 11 is 5.91. The van der Waals surface area contributed by atoms with Gasteiger partial charge in [-0.3, -0.25) is 19.1 Å². The third-order valence-corrected chi connectivity index (χ3v) is 7.37. The van der Waals surface area contributed by atoms with Crippen molar-refractivity contribution in [3.63, 3.8) is 0 Å². The quantitative estimate of drug-likeness (QED) is 0.441. The maximum atomic E-state index is 12.8. The maximum absolute atomic E-state index is 12.8. The van der Waals surface area contributed by atoms with E-state index in [1.54, 1.807) is 12.1 Å². The van der Waals surface area contributed by atoms with E-state index in [-0.39, 0.29) is 42.5 Å². The number of ketones is 1. The van der Waals surface area contributed by atoms with E-state index in [4.69, 9.17) is 17.3 Å². The smallest absolute Gasteiger partial charge is 0.329 e. The molecule has 0 aliphatic carbocycles. The summed E-state index contributed by atoms with van der Waals surface area (Å²) in [5.41, 5.74) is 4.27. The van der Waals surface area contributed by atoms with E-state index < -0.39 is 27.1 Å². The highest BCUT2D eigenvalue weighted by molar-refractivity contribution is 7.89. The number of H-pyrrole nitrogens is 1. The third kappa shape index (κ3) is 4.90. The number of hydrogen-bond donors (Lipinski definition) is 3. The van der Waals surface area contributed by atoms with Crippen molar-refractivity contribution in [3.8, 4) is 0 Å². The number of carbonyl (C=O) groups is 1. The van der Waals surface area contributed by atoms with E-state index in [9.17, 15) is 22.8 Å². The first-order valence-corrected chi connectivity index (χ1v) is 11.7.